The van der Waals surface area contributed by atoms with Crippen molar-refractivity contribution in [1.82, 2.24) is 5.32 Å². The van der Waals surface area contributed by atoms with Gasteiger partial charge in [-0.25, -0.2) is 0 Å². The second-order valence-electron chi connectivity index (χ2n) is 4.86. The summed E-state index contributed by atoms with van der Waals surface area (Å²) in [6, 6.07) is 2.92. The molecule has 0 fully saturated rings. The third-order valence-electron chi connectivity index (χ3n) is 2.51. The van der Waals surface area contributed by atoms with Gasteiger partial charge in [-0.1, -0.05) is 13.8 Å². The molecule has 0 spiro atoms. The minimum atomic E-state index is -4.66. The highest BCUT2D eigenvalue weighted by Crippen LogP contribution is 2.36. The van der Waals surface area contributed by atoms with Crippen molar-refractivity contribution in [1.29, 1.82) is 0 Å². The third kappa shape index (κ3) is 5.45. The molecule has 0 radical (unpaired) electrons. The van der Waals surface area contributed by atoms with Gasteiger partial charge in [-0.15, -0.1) is 0 Å². The van der Waals surface area contributed by atoms with Crippen LogP contribution in [-0.4, -0.2) is 25.3 Å². The molecule has 21 heavy (non-hydrogen) atoms. The van der Waals surface area contributed by atoms with E-state index in [4.69, 9.17) is 4.74 Å². The molecule has 4 nitrogen and oxygen atoms in total. The van der Waals surface area contributed by atoms with Gasteiger partial charge in [0.05, 0.1) is 5.56 Å². The van der Waals surface area contributed by atoms with Crippen molar-refractivity contribution in [3.05, 3.63) is 29.3 Å². The summed E-state index contributed by atoms with van der Waals surface area (Å²) in [5.74, 6) is -0.754. The number of hydrogen-bond acceptors (Lipinski definition) is 3. The van der Waals surface area contributed by atoms with Crippen molar-refractivity contribution in [3.63, 3.8) is 0 Å². The van der Waals surface area contributed by atoms with E-state index in [1.165, 1.54) is 6.07 Å². The second kappa shape index (κ2) is 7.10. The standard InChI is InChI=1S/C14H16F3NO3/c1-9(2)6-18-13(20)8-21-12-4-3-10(7-19)5-11(12)14(15,16)17/h3-5,7,9H,6,8H2,1-2H3,(H,18,20). The summed E-state index contributed by atoms with van der Waals surface area (Å²) in [6.07, 6.45) is -4.35. The van der Waals surface area contributed by atoms with E-state index in [0.29, 0.717) is 18.9 Å². The molecule has 1 aromatic carbocycles. The van der Waals surface area contributed by atoms with Crippen molar-refractivity contribution >= 4 is 12.2 Å². The van der Waals surface area contributed by atoms with Gasteiger partial charge < -0.3 is 10.1 Å². The first-order chi connectivity index (χ1) is 9.74. The lowest BCUT2D eigenvalue weighted by molar-refractivity contribution is -0.139. The maximum atomic E-state index is 12.8. The van der Waals surface area contributed by atoms with Crippen LogP contribution in [0, 0.1) is 5.92 Å². The molecular formula is C14H16F3NO3. The van der Waals surface area contributed by atoms with Crippen LogP contribution < -0.4 is 10.1 Å². The zero-order valence-corrected chi connectivity index (χ0v) is 11.7. The van der Waals surface area contributed by atoms with Crippen LogP contribution in [0.15, 0.2) is 18.2 Å². The second-order valence-corrected chi connectivity index (χ2v) is 4.86. The van der Waals surface area contributed by atoms with E-state index in [2.05, 4.69) is 5.32 Å². The highest BCUT2D eigenvalue weighted by Gasteiger charge is 2.34. The fourth-order valence-corrected chi connectivity index (χ4v) is 1.48. The van der Waals surface area contributed by atoms with Gasteiger partial charge in [0.2, 0.25) is 0 Å². The Morgan fingerprint density at radius 1 is 1.38 bits per heavy atom. The van der Waals surface area contributed by atoms with Crippen LogP contribution >= 0.6 is 0 Å². The van der Waals surface area contributed by atoms with Gasteiger partial charge >= 0.3 is 6.18 Å². The van der Waals surface area contributed by atoms with Gasteiger partial charge in [0.15, 0.2) is 6.61 Å². The van der Waals surface area contributed by atoms with Gasteiger partial charge in [-0.3, -0.25) is 9.59 Å². The van der Waals surface area contributed by atoms with Crippen LogP contribution in [0.1, 0.15) is 29.8 Å². The molecule has 1 aromatic rings. The van der Waals surface area contributed by atoms with Crippen molar-refractivity contribution in [2.45, 2.75) is 20.0 Å². The molecule has 0 aliphatic carbocycles. The smallest absolute Gasteiger partial charge is 0.419 e. The molecule has 1 amide bonds. The summed E-state index contributed by atoms with van der Waals surface area (Å²) in [6.45, 7) is 3.68. The maximum Gasteiger partial charge on any atom is 0.419 e. The number of rotatable bonds is 6. The van der Waals surface area contributed by atoms with E-state index in [1.54, 1.807) is 0 Å². The van der Waals surface area contributed by atoms with Gasteiger partial charge in [0, 0.05) is 12.1 Å². The Labute approximate surface area is 120 Å². The Morgan fingerprint density at radius 2 is 2.05 bits per heavy atom. The molecule has 0 bridgehead atoms. The molecule has 0 aliphatic rings. The number of aldehydes is 1. The van der Waals surface area contributed by atoms with Crippen molar-refractivity contribution in [3.8, 4) is 5.75 Å². The number of alkyl halides is 3. The first-order valence-corrected chi connectivity index (χ1v) is 6.30. The predicted molar refractivity (Wildman–Crippen MR) is 70.2 cm³/mol. The Morgan fingerprint density at radius 3 is 2.57 bits per heavy atom. The van der Waals surface area contributed by atoms with Gasteiger partial charge in [0.1, 0.15) is 12.0 Å². The molecule has 0 saturated carbocycles. The summed E-state index contributed by atoms with van der Waals surface area (Å²) in [5.41, 5.74) is -1.19. The van der Waals surface area contributed by atoms with Crippen LogP contribution in [0.5, 0.6) is 5.75 Å². The van der Waals surface area contributed by atoms with Crippen LogP contribution in [0.2, 0.25) is 0 Å². The third-order valence-corrected chi connectivity index (χ3v) is 2.51. The summed E-state index contributed by atoms with van der Waals surface area (Å²) in [4.78, 5) is 22.0. The first-order valence-electron chi connectivity index (χ1n) is 6.30. The molecule has 0 aliphatic heterocycles. The molecule has 0 heterocycles. The van der Waals surface area contributed by atoms with Crippen LogP contribution in [0.3, 0.4) is 0 Å². The Bertz CT molecular complexity index is 513. The number of halogens is 3. The highest BCUT2D eigenvalue weighted by molar-refractivity contribution is 5.78. The lowest BCUT2D eigenvalue weighted by Gasteiger charge is -2.14. The molecule has 0 aromatic heterocycles. The lowest BCUT2D eigenvalue weighted by atomic mass is 10.1. The molecular weight excluding hydrogens is 287 g/mol. The van der Waals surface area contributed by atoms with E-state index in [-0.39, 0.29) is 11.5 Å². The van der Waals surface area contributed by atoms with E-state index in [1.807, 2.05) is 13.8 Å². The van der Waals surface area contributed by atoms with E-state index in [9.17, 15) is 22.8 Å². The van der Waals surface area contributed by atoms with Crippen LogP contribution in [0.25, 0.3) is 0 Å². The Hall–Kier alpha value is -2.05. The maximum absolute atomic E-state index is 12.8. The van der Waals surface area contributed by atoms with E-state index >= 15 is 0 Å². The minimum absolute atomic E-state index is 0.112. The van der Waals surface area contributed by atoms with Gasteiger partial charge in [-0.05, 0) is 24.1 Å². The van der Waals surface area contributed by atoms with Crippen molar-refractivity contribution in [2.75, 3.05) is 13.2 Å². The monoisotopic (exact) mass is 303 g/mol. The fraction of sp³-hybridized carbons (Fsp3) is 0.429. The molecule has 116 valence electrons. The quantitative estimate of drug-likeness (QED) is 0.822. The zero-order chi connectivity index (χ0) is 16.0. The molecule has 1 rings (SSSR count). The number of carbonyl (C=O) groups is 2. The summed E-state index contributed by atoms with van der Waals surface area (Å²) >= 11 is 0. The number of hydrogen-bond donors (Lipinski definition) is 1. The van der Waals surface area contributed by atoms with Crippen LogP contribution in [-0.2, 0) is 11.0 Å². The summed E-state index contributed by atoms with van der Waals surface area (Å²) in [7, 11) is 0. The predicted octanol–water partition coefficient (Wildman–Crippen LogP) is 2.67. The highest BCUT2D eigenvalue weighted by atomic mass is 19.4. The van der Waals surface area contributed by atoms with Crippen LogP contribution in [0.4, 0.5) is 13.2 Å². The Kier molecular flexibility index (Phi) is 5.75. The molecule has 1 N–H and O–H groups in total. The van der Waals surface area contributed by atoms with Gasteiger partial charge in [0.25, 0.3) is 5.91 Å². The minimum Gasteiger partial charge on any atom is -0.483 e. The number of amides is 1. The van der Waals surface area contributed by atoms with E-state index in [0.717, 1.165) is 6.07 Å². The summed E-state index contributed by atoms with van der Waals surface area (Å²) < 4.78 is 43.4. The molecule has 7 heteroatoms. The largest absolute Gasteiger partial charge is 0.483 e. The van der Waals surface area contributed by atoms with Crippen molar-refractivity contribution < 1.29 is 27.5 Å². The molecule has 0 saturated heterocycles. The molecule has 0 unspecified atom stereocenters. The topological polar surface area (TPSA) is 55.4 Å². The average molecular weight is 303 g/mol. The molecule has 0 atom stereocenters. The number of ether oxygens (including phenoxy) is 1. The average Bonchev–Trinajstić information content (AvgIpc) is 2.41. The Balaban J connectivity index is 2.79. The number of benzene rings is 1. The SMILES string of the molecule is CC(C)CNC(=O)COc1ccc(C=O)cc1C(F)(F)F. The first kappa shape index (κ1) is 17.0. The lowest BCUT2D eigenvalue weighted by Crippen LogP contribution is -2.32. The number of carbonyl (C=O) groups excluding carboxylic acids is 2. The number of nitrogens with one attached hydrogen (secondary N) is 1. The fourth-order valence-electron chi connectivity index (χ4n) is 1.48. The zero-order valence-electron chi connectivity index (χ0n) is 11.7. The van der Waals surface area contributed by atoms with E-state index < -0.39 is 30.0 Å². The van der Waals surface area contributed by atoms with Gasteiger partial charge in [-0.2, -0.15) is 13.2 Å². The van der Waals surface area contributed by atoms with Crippen molar-refractivity contribution in [2.24, 2.45) is 5.92 Å². The normalized spacial score (nSPS) is 11.3. The summed E-state index contributed by atoms with van der Waals surface area (Å²) in [5, 5.41) is 2.53.